The fourth-order valence-electron chi connectivity index (χ4n) is 1.50. The highest BCUT2D eigenvalue weighted by Crippen LogP contribution is 2.15. The molecule has 0 unspecified atom stereocenters. The molecular formula is C10H19N5O3. The Morgan fingerprint density at radius 2 is 2.00 bits per heavy atom. The van der Waals surface area contributed by atoms with E-state index in [-0.39, 0.29) is 19.8 Å². The number of aliphatic hydroxyl groups is 2. The van der Waals surface area contributed by atoms with Gasteiger partial charge in [-0.2, -0.15) is 0 Å². The molecule has 1 aromatic heterocycles. The molecule has 18 heavy (non-hydrogen) atoms. The number of methoxy groups -OCH3 is 1. The molecule has 0 aromatic carbocycles. The normalized spacial score (nSPS) is 10.4. The van der Waals surface area contributed by atoms with E-state index in [2.05, 4.69) is 15.4 Å². The summed E-state index contributed by atoms with van der Waals surface area (Å²) in [7, 11) is 1.55. The van der Waals surface area contributed by atoms with Gasteiger partial charge in [0, 0.05) is 26.3 Å². The van der Waals surface area contributed by atoms with E-state index in [1.165, 1.54) is 0 Å². The maximum Gasteiger partial charge on any atom is 0.158 e. The molecule has 1 aromatic rings. The quantitative estimate of drug-likeness (QED) is 0.335. The van der Waals surface area contributed by atoms with E-state index in [1.807, 2.05) is 0 Å². The summed E-state index contributed by atoms with van der Waals surface area (Å²) in [5.41, 5.74) is 2.45. The molecule has 102 valence electrons. The number of hydrazine groups is 1. The third kappa shape index (κ3) is 4.08. The zero-order chi connectivity index (χ0) is 13.4. The van der Waals surface area contributed by atoms with E-state index >= 15 is 0 Å². The summed E-state index contributed by atoms with van der Waals surface area (Å²) in [4.78, 5) is 10.1. The molecule has 0 saturated heterocycles. The van der Waals surface area contributed by atoms with Crippen molar-refractivity contribution in [2.45, 2.75) is 6.61 Å². The van der Waals surface area contributed by atoms with Gasteiger partial charge in [-0.15, -0.1) is 0 Å². The van der Waals surface area contributed by atoms with E-state index in [9.17, 15) is 0 Å². The van der Waals surface area contributed by atoms with Crippen LogP contribution in [-0.4, -0.2) is 53.6 Å². The Morgan fingerprint density at radius 3 is 2.50 bits per heavy atom. The molecule has 8 nitrogen and oxygen atoms in total. The molecule has 0 amide bonds. The first kappa shape index (κ1) is 14.6. The van der Waals surface area contributed by atoms with Crippen LogP contribution in [0.15, 0.2) is 6.07 Å². The second-order valence-corrected chi connectivity index (χ2v) is 3.54. The third-order valence-corrected chi connectivity index (χ3v) is 2.24. The molecule has 0 aliphatic heterocycles. The number of nitrogen functional groups attached to an aromatic ring is 1. The number of nitrogens with two attached hydrogens (primary N) is 1. The number of hydrogen-bond acceptors (Lipinski definition) is 8. The van der Waals surface area contributed by atoms with Crippen LogP contribution in [0.2, 0.25) is 0 Å². The van der Waals surface area contributed by atoms with Crippen LogP contribution in [0, 0.1) is 0 Å². The number of rotatable bonds is 8. The fraction of sp³-hybridized carbons (Fsp3) is 0.600. The van der Waals surface area contributed by atoms with Crippen molar-refractivity contribution >= 4 is 11.6 Å². The molecule has 1 heterocycles. The van der Waals surface area contributed by atoms with Crippen LogP contribution in [-0.2, 0) is 11.3 Å². The van der Waals surface area contributed by atoms with E-state index in [0.29, 0.717) is 30.5 Å². The lowest BCUT2D eigenvalue weighted by Gasteiger charge is -2.22. The molecule has 0 spiro atoms. The van der Waals surface area contributed by atoms with Crippen LogP contribution in [0.1, 0.15) is 5.82 Å². The minimum atomic E-state index is -0.0327. The molecule has 0 aliphatic rings. The van der Waals surface area contributed by atoms with Crippen molar-refractivity contribution < 1.29 is 14.9 Å². The van der Waals surface area contributed by atoms with Crippen LogP contribution < -0.4 is 16.2 Å². The van der Waals surface area contributed by atoms with Gasteiger partial charge < -0.3 is 25.3 Å². The van der Waals surface area contributed by atoms with Gasteiger partial charge in [-0.05, 0) is 0 Å². The van der Waals surface area contributed by atoms with Crippen molar-refractivity contribution in [1.82, 2.24) is 9.97 Å². The molecule has 0 atom stereocenters. The van der Waals surface area contributed by atoms with Crippen molar-refractivity contribution in [3.8, 4) is 0 Å². The van der Waals surface area contributed by atoms with Gasteiger partial charge >= 0.3 is 0 Å². The third-order valence-electron chi connectivity index (χ3n) is 2.24. The predicted octanol–water partition coefficient (Wildman–Crippen LogP) is -1.30. The van der Waals surface area contributed by atoms with Gasteiger partial charge in [0.05, 0.1) is 13.2 Å². The average Bonchev–Trinajstić information content (AvgIpc) is 2.38. The predicted molar refractivity (Wildman–Crippen MR) is 66.9 cm³/mol. The highest BCUT2D eigenvalue weighted by Gasteiger charge is 2.10. The first-order chi connectivity index (χ1) is 8.74. The number of hydrogen-bond donors (Lipinski definition) is 4. The van der Waals surface area contributed by atoms with Gasteiger partial charge in [-0.1, -0.05) is 0 Å². The van der Waals surface area contributed by atoms with Crippen molar-refractivity contribution in [2.75, 3.05) is 43.7 Å². The maximum absolute atomic E-state index is 8.99. The molecule has 1 rings (SSSR count). The first-order valence-electron chi connectivity index (χ1n) is 5.55. The van der Waals surface area contributed by atoms with Crippen molar-refractivity contribution in [1.29, 1.82) is 0 Å². The van der Waals surface area contributed by atoms with Crippen LogP contribution >= 0.6 is 0 Å². The number of nitrogens with zero attached hydrogens (tertiary/aromatic N) is 3. The topological polar surface area (TPSA) is 117 Å². The van der Waals surface area contributed by atoms with E-state index in [4.69, 9.17) is 20.8 Å². The molecular weight excluding hydrogens is 238 g/mol. The maximum atomic E-state index is 8.99. The van der Waals surface area contributed by atoms with Gasteiger partial charge in [0.1, 0.15) is 18.2 Å². The fourth-order valence-corrected chi connectivity index (χ4v) is 1.50. The van der Waals surface area contributed by atoms with Crippen LogP contribution in [0.3, 0.4) is 0 Å². The van der Waals surface area contributed by atoms with Gasteiger partial charge in [0.15, 0.2) is 5.82 Å². The number of aliphatic hydroxyl groups excluding tert-OH is 2. The highest BCUT2D eigenvalue weighted by molar-refractivity contribution is 5.48. The summed E-state index contributed by atoms with van der Waals surface area (Å²) in [6.45, 7) is 0.931. The van der Waals surface area contributed by atoms with Crippen molar-refractivity contribution in [3.63, 3.8) is 0 Å². The van der Waals surface area contributed by atoms with Crippen LogP contribution in [0.4, 0.5) is 11.6 Å². The smallest absolute Gasteiger partial charge is 0.158 e. The SMILES string of the molecule is COCc1nc(NN)cc(N(CCO)CCO)n1. The van der Waals surface area contributed by atoms with Gasteiger partial charge in [-0.25, -0.2) is 15.8 Å². The summed E-state index contributed by atoms with van der Waals surface area (Å²) in [6, 6.07) is 1.64. The lowest BCUT2D eigenvalue weighted by atomic mass is 10.4. The lowest BCUT2D eigenvalue weighted by Crippen LogP contribution is -2.31. The Labute approximate surface area is 105 Å². The standard InChI is InChI=1S/C10H19N5O3/c1-18-7-9-12-8(14-11)6-10(13-9)15(2-4-16)3-5-17/h6,16-17H,2-5,7,11H2,1H3,(H,12,13,14). The number of nitrogens with one attached hydrogen (secondary N) is 1. The lowest BCUT2D eigenvalue weighted by molar-refractivity contribution is 0.178. The molecule has 8 heteroatoms. The zero-order valence-electron chi connectivity index (χ0n) is 10.3. The Kier molecular flexibility index (Phi) is 6.29. The zero-order valence-corrected chi connectivity index (χ0v) is 10.3. The minimum absolute atomic E-state index is 0.0327. The molecule has 0 bridgehead atoms. The van der Waals surface area contributed by atoms with Crippen LogP contribution in [0.25, 0.3) is 0 Å². The molecule has 0 radical (unpaired) electrons. The van der Waals surface area contributed by atoms with E-state index in [0.717, 1.165) is 0 Å². The molecule has 0 aliphatic carbocycles. The second-order valence-electron chi connectivity index (χ2n) is 3.54. The number of anilines is 2. The summed E-state index contributed by atoms with van der Waals surface area (Å²) in [5.74, 6) is 6.84. The van der Waals surface area contributed by atoms with E-state index in [1.54, 1.807) is 18.1 Å². The monoisotopic (exact) mass is 257 g/mol. The Bertz CT molecular complexity index is 357. The number of ether oxygens (including phenoxy) is 1. The van der Waals surface area contributed by atoms with E-state index < -0.39 is 0 Å². The Hall–Kier alpha value is -1.48. The van der Waals surface area contributed by atoms with Crippen molar-refractivity contribution in [3.05, 3.63) is 11.9 Å². The number of aromatic nitrogens is 2. The minimum Gasteiger partial charge on any atom is -0.395 e. The average molecular weight is 257 g/mol. The summed E-state index contributed by atoms with van der Waals surface area (Å²) in [6.07, 6.45) is 0. The first-order valence-corrected chi connectivity index (χ1v) is 5.55. The van der Waals surface area contributed by atoms with Crippen LogP contribution in [0.5, 0.6) is 0 Å². The Morgan fingerprint density at radius 1 is 1.33 bits per heavy atom. The Balaban J connectivity index is 2.99. The summed E-state index contributed by atoms with van der Waals surface area (Å²) < 4.78 is 4.97. The molecule has 5 N–H and O–H groups in total. The second kappa shape index (κ2) is 7.77. The van der Waals surface area contributed by atoms with Gasteiger partial charge in [0.2, 0.25) is 0 Å². The van der Waals surface area contributed by atoms with Crippen molar-refractivity contribution in [2.24, 2.45) is 5.84 Å². The van der Waals surface area contributed by atoms with Gasteiger partial charge in [-0.3, -0.25) is 0 Å². The molecule has 0 fully saturated rings. The molecule has 0 saturated carbocycles. The summed E-state index contributed by atoms with van der Waals surface area (Å²) in [5, 5.41) is 18.0. The highest BCUT2D eigenvalue weighted by atomic mass is 16.5. The van der Waals surface area contributed by atoms with Gasteiger partial charge in [0.25, 0.3) is 0 Å². The summed E-state index contributed by atoms with van der Waals surface area (Å²) >= 11 is 0. The largest absolute Gasteiger partial charge is 0.395 e.